The Hall–Kier alpha value is -0.620. The van der Waals surface area contributed by atoms with Gasteiger partial charge in [-0.1, -0.05) is 0 Å². The predicted octanol–water partition coefficient (Wildman–Crippen LogP) is 1.50. The first-order valence-electron chi connectivity index (χ1n) is 5.18. The van der Waals surface area contributed by atoms with Crippen LogP contribution in [0.3, 0.4) is 0 Å². The average Bonchev–Trinajstić information content (AvgIpc) is 2.76. The fraction of sp³-hybridized carbons (Fsp3) is 0.778. The van der Waals surface area contributed by atoms with E-state index in [4.69, 9.17) is 10.7 Å². The van der Waals surface area contributed by atoms with Crippen LogP contribution < -0.4 is 0 Å². The molecule has 90 valence electrons. The summed E-state index contributed by atoms with van der Waals surface area (Å²) < 4.78 is 23.8. The van der Waals surface area contributed by atoms with E-state index >= 15 is 0 Å². The number of hydrogen-bond acceptors (Lipinski definition) is 4. The molecule has 1 heterocycles. The molecule has 1 fully saturated rings. The van der Waals surface area contributed by atoms with Gasteiger partial charge in [-0.05, 0) is 26.7 Å². The number of hydrogen-bond donors (Lipinski definition) is 0. The van der Waals surface area contributed by atoms with E-state index in [1.807, 2.05) is 13.8 Å². The van der Waals surface area contributed by atoms with E-state index in [0.29, 0.717) is 25.1 Å². The molecule has 0 spiro atoms. The van der Waals surface area contributed by atoms with Crippen LogP contribution in [-0.2, 0) is 15.5 Å². The van der Waals surface area contributed by atoms with Crippen LogP contribution in [0.2, 0.25) is 0 Å². The van der Waals surface area contributed by atoms with E-state index in [1.54, 1.807) is 4.68 Å². The van der Waals surface area contributed by atoms with E-state index in [2.05, 4.69) is 10.1 Å². The van der Waals surface area contributed by atoms with Gasteiger partial charge in [-0.3, -0.25) is 0 Å². The summed E-state index contributed by atoms with van der Waals surface area (Å²) in [6.45, 7) is 3.96. The molecule has 0 aromatic carbocycles. The van der Waals surface area contributed by atoms with Crippen molar-refractivity contribution in [3.8, 4) is 0 Å². The fourth-order valence-electron chi connectivity index (χ4n) is 1.77. The van der Waals surface area contributed by atoms with Gasteiger partial charge in [0.2, 0.25) is 9.05 Å². The monoisotopic (exact) mass is 263 g/mol. The minimum absolute atomic E-state index is 0.173. The van der Waals surface area contributed by atoms with Crippen molar-refractivity contribution < 1.29 is 8.42 Å². The molecule has 0 N–H and O–H groups in total. The Morgan fingerprint density at radius 2 is 2.19 bits per heavy atom. The van der Waals surface area contributed by atoms with Crippen molar-refractivity contribution in [3.05, 3.63) is 12.2 Å². The molecular weight excluding hydrogens is 250 g/mol. The summed E-state index contributed by atoms with van der Waals surface area (Å²) in [5.41, 5.74) is 0. The zero-order valence-electron chi connectivity index (χ0n) is 9.22. The van der Waals surface area contributed by atoms with Gasteiger partial charge in [0.15, 0.2) is 0 Å². The van der Waals surface area contributed by atoms with Gasteiger partial charge in [-0.25, -0.2) is 18.1 Å². The third kappa shape index (κ3) is 1.96. The number of rotatable bonds is 4. The molecule has 0 atom stereocenters. The quantitative estimate of drug-likeness (QED) is 0.773. The molecule has 1 aliphatic rings. The Morgan fingerprint density at radius 3 is 2.62 bits per heavy atom. The summed E-state index contributed by atoms with van der Waals surface area (Å²) in [6.07, 6.45) is 3.04. The molecule has 1 saturated carbocycles. The minimum Gasteiger partial charge on any atom is -0.248 e. The van der Waals surface area contributed by atoms with Gasteiger partial charge in [0.1, 0.15) is 12.2 Å². The van der Waals surface area contributed by atoms with Gasteiger partial charge in [-0.15, -0.1) is 0 Å². The lowest BCUT2D eigenvalue weighted by atomic mass is 10.2. The van der Waals surface area contributed by atoms with Gasteiger partial charge in [0.25, 0.3) is 0 Å². The maximum atomic E-state index is 11.4. The fourth-order valence-corrected chi connectivity index (χ4v) is 3.28. The SMILES string of the molecule is CC(C)n1ncnc1CC1(S(=O)(=O)Cl)CC1. The molecule has 7 heteroatoms. The van der Waals surface area contributed by atoms with E-state index in [1.165, 1.54) is 6.33 Å². The van der Waals surface area contributed by atoms with Gasteiger partial charge in [0.05, 0.1) is 4.75 Å². The molecule has 2 rings (SSSR count). The van der Waals surface area contributed by atoms with Crippen LogP contribution in [0.25, 0.3) is 0 Å². The molecule has 0 bridgehead atoms. The standard InChI is InChI=1S/C9H14ClN3O2S/c1-7(2)13-8(11-6-12-13)5-9(3-4-9)16(10,14)15/h6-7H,3-5H2,1-2H3. The summed E-state index contributed by atoms with van der Waals surface area (Å²) in [6, 6.07) is 0.173. The highest BCUT2D eigenvalue weighted by molar-refractivity contribution is 8.15. The van der Waals surface area contributed by atoms with Crippen LogP contribution in [0.1, 0.15) is 38.6 Å². The lowest BCUT2D eigenvalue weighted by Gasteiger charge is -2.13. The van der Waals surface area contributed by atoms with E-state index < -0.39 is 13.8 Å². The molecule has 0 unspecified atom stereocenters. The highest BCUT2D eigenvalue weighted by atomic mass is 35.7. The summed E-state index contributed by atoms with van der Waals surface area (Å²) in [5.74, 6) is 0.691. The number of halogens is 1. The molecule has 1 aliphatic carbocycles. The van der Waals surface area contributed by atoms with Crippen LogP contribution in [0.5, 0.6) is 0 Å². The molecule has 0 amide bonds. The summed E-state index contributed by atoms with van der Waals surface area (Å²) in [4.78, 5) is 4.10. The normalized spacial score (nSPS) is 19.0. The Bertz CT molecular complexity index is 491. The lowest BCUT2D eigenvalue weighted by molar-refractivity contribution is 0.497. The maximum Gasteiger partial charge on any atom is 0.238 e. The lowest BCUT2D eigenvalue weighted by Crippen LogP contribution is -2.24. The highest BCUT2D eigenvalue weighted by Gasteiger charge is 2.54. The summed E-state index contributed by atoms with van der Waals surface area (Å²) in [5, 5.41) is 4.08. The van der Waals surface area contributed by atoms with Crippen LogP contribution in [0.4, 0.5) is 0 Å². The van der Waals surface area contributed by atoms with Crippen molar-refractivity contribution in [3.63, 3.8) is 0 Å². The Kier molecular flexibility index (Phi) is 2.74. The zero-order chi connectivity index (χ0) is 12.0. The molecule has 0 aliphatic heterocycles. The first kappa shape index (κ1) is 11.9. The second kappa shape index (κ2) is 3.70. The Balaban J connectivity index is 2.26. The molecular formula is C9H14ClN3O2S. The molecule has 5 nitrogen and oxygen atoms in total. The van der Waals surface area contributed by atoms with E-state index in [0.717, 1.165) is 0 Å². The van der Waals surface area contributed by atoms with Gasteiger partial charge in [-0.2, -0.15) is 5.10 Å². The van der Waals surface area contributed by atoms with Crippen LogP contribution in [-0.4, -0.2) is 27.9 Å². The average molecular weight is 264 g/mol. The smallest absolute Gasteiger partial charge is 0.238 e. The van der Waals surface area contributed by atoms with Crippen molar-refractivity contribution in [2.45, 2.75) is 43.9 Å². The molecule has 1 aromatic rings. The number of aromatic nitrogens is 3. The maximum absolute atomic E-state index is 11.4. The third-order valence-electron chi connectivity index (χ3n) is 2.94. The molecule has 1 aromatic heterocycles. The van der Waals surface area contributed by atoms with Gasteiger partial charge < -0.3 is 0 Å². The van der Waals surface area contributed by atoms with Crippen LogP contribution in [0, 0.1) is 0 Å². The minimum atomic E-state index is -3.52. The van der Waals surface area contributed by atoms with Crippen LogP contribution in [0.15, 0.2) is 6.33 Å². The molecule has 16 heavy (non-hydrogen) atoms. The summed E-state index contributed by atoms with van der Waals surface area (Å²) in [7, 11) is 1.93. The predicted molar refractivity (Wildman–Crippen MR) is 60.8 cm³/mol. The second-order valence-corrected chi connectivity index (χ2v) is 7.47. The van der Waals surface area contributed by atoms with Crippen molar-refractivity contribution in [2.24, 2.45) is 0 Å². The van der Waals surface area contributed by atoms with Gasteiger partial charge >= 0.3 is 0 Å². The second-order valence-electron chi connectivity index (χ2n) is 4.51. The Morgan fingerprint density at radius 1 is 1.56 bits per heavy atom. The zero-order valence-corrected chi connectivity index (χ0v) is 10.8. The van der Waals surface area contributed by atoms with Crippen LogP contribution >= 0.6 is 10.7 Å². The number of nitrogens with zero attached hydrogens (tertiary/aromatic N) is 3. The molecule has 0 saturated heterocycles. The third-order valence-corrected chi connectivity index (χ3v) is 5.51. The van der Waals surface area contributed by atoms with Crippen molar-refractivity contribution >= 4 is 19.7 Å². The molecule has 0 radical (unpaired) electrons. The van der Waals surface area contributed by atoms with E-state index in [9.17, 15) is 8.42 Å². The van der Waals surface area contributed by atoms with Gasteiger partial charge in [0, 0.05) is 23.1 Å². The Labute approximate surface area is 99.2 Å². The largest absolute Gasteiger partial charge is 0.248 e. The first-order valence-corrected chi connectivity index (χ1v) is 7.49. The first-order chi connectivity index (χ1) is 7.36. The van der Waals surface area contributed by atoms with E-state index in [-0.39, 0.29) is 6.04 Å². The van der Waals surface area contributed by atoms with Crippen molar-refractivity contribution in [1.29, 1.82) is 0 Å². The topological polar surface area (TPSA) is 64.8 Å². The highest BCUT2D eigenvalue weighted by Crippen LogP contribution is 2.47. The summed E-state index contributed by atoms with van der Waals surface area (Å²) >= 11 is 0. The van der Waals surface area contributed by atoms with Crippen molar-refractivity contribution in [1.82, 2.24) is 14.8 Å². The van der Waals surface area contributed by atoms with Crippen molar-refractivity contribution in [2.75, 3.05) is 0 Å².